The van der Waals surface area contributed by atoms with E-state index in [1.165, 1.54) is 18.4 Å². The molecular weight excluding hydrogens is 324 g/mol. The summed E-state index contributed by atoms with van der Waals surface area (Å²) in [5.41, 5.74) is 2.11. The number of aryl methyl sites for hydroxylation is 1. The summed E-state index contributed by atoms with van der Waals surface area (Å²) in [6.45, 7) is 7.92. The van der Waals surface area contributed by atoms with Crippen LogP contribution in [0.3, 0.4) is 0 Å². The van der Waals surface area contributed by atoms with Crippen molar-refractivity contribution in [3.05, 3.63) is 23.8 Å². The molecule has 0 N–H and O–H groups in total. The van der Waals surface area contributed by atoms with E-state index in [1.807, 2.05) is 10.4 Å². The number of benzene rings is 1. The van der Waals surface area contributed by atoms with E-state index < -0.39 is 11.0 Å². The molecule has 1 aromatic carbocycles. The van der Waals surface area contributed by atoms with Gasteiger partial charge in [0.05, 0.1) is 25.5 Å². The van der Waals surface area contributed by atoms with Gasteiger partial charge in [-0.1, -0.05) is 6.07 Å². The Balaban J connectivity index is 1.70. The lowest BCUT2D eigenvalue weighted by molar-refractivity contribution is 0.0395. The van der Waals surface area contributed by atoms with E-state index in [1.54, 1.807) is 6.26 Å². The summed E-state index contributed by atoms with van der Waals surface area (Å²) in [5.74, 6) is 1.56. The SMILES string of the molecule is Cc1ccc(N(CCN2CCOCC2)S(C)=O)c(OCC2CC2)c1. The van der Waals surface area contributed by atoms with Gasteiger partial charge in [-0.3, -0.25) is 9.21 Å². The molecule has 3 rings (SSSR count). The van der Waals surface area contributed by atoms with Crippen molar-refractivity contribution in [1.82, 2.24) is 4.90 Å². The molecule has 5 nitrogen and oxygen atoms in total. The molecule has 1 saturated carbocycles. The highest BCUT2D eigenvalue weighted by molar-refractivity contribution is 7.85. The summed E-state index contributed by atoms with van der Waals surface area (Å²) in [5, 5.41) is 0. The number of hydrogen-bond acceptors (Lipinski definition) is 4. The summed E-state index contributed by atoms with van der Waals surface area (Å²) >= 11 is 0. The van der Waals surface area contributed by atoms with E-state index in [0.29, 0.717) is 5.92 Å². The van der Waals surface area contributed by atoms with Crippen molar-refractivity contribution in [3.8, 4) is 5.75 Å². The number of rotatable bonds is 8. The number of hydrogen-bond donors (Lipinski definition) is 0. The molecule has 1 aliphatic heterocycles. The molecule has 6 heteroatoms. The van der Waals surface area contributed by atoms with Crippen LogP contribution in [0.4, 0.5) is 5.69 Å². The molecule has 1 heterocycles. The van der Waals surface area contributed by atoms with Gasteiger partial charge in [0.15, 0.2) is 0 Å². The largest absolute Gasteiger partial charge is 0.491 e. The molecule has 0 spiro atoms. The molecule has 24 heavy (non-hydrogen) atoms. The highest BCUT2D eigenvalue weighted by atomic mass is 32.2. The zero-order chi connectivity index (χ0) is 16.9. The lowest BCUT2D eigenvalue weighted by Gasteiger charge is -2.30. The molecule has 134 valence electrons. The predicted molar refractivity (Wildman–Crippen MR) is 98.1 cm³/mol. The van der Waals surface area contributed by atoms with E-state index in [4.69, 9.17) is 9.47 Å². The van der Waals surface area contributed by atoms with Crippen molar-refractivity contribution >= 4 is 16.7 Å². The standard InChI is InChI=1S/C18H28N2O3S/c1-15-3-6-17(18(13-15)23-14-16-4-5-16)20(24(2)21)8-7-19-9-11-22-12-10-19/h3,6,13,16H,4-5,7-12,14H2,1-2H3. The Morgan fingerprint density at radius 2 is 2.08 bits per heavy atom. The smallest absolute Gasteiger partial charge is 0.143 e. The Morgan fingerprint density at radius 3 is 2.75 bits per heavy atom. The van der Waals surface area contributed by atoms with Crippen molar-refractivity contribution < 1.29 is 13.7 Å². The average Bonchev–Trinajstić information content (AvgIpc) is 3.39. The molecule has 1 aliphatic carbocycles. The number of nitrogens with zero attached hydrogens (tertiary/aromatic N) is 2. The first kappa shape index (κ1) is 17.7. The minimum Gasteiger partial charge on any atom is -0.491 e. The van der Waals surface area contributed by atoms with Crippen LogP contribution in [0.25, 0.3) is 0 Å². The van der Waals surface area contributed by atoms with Crippen LogP contribution in [0, 0.1) is 12.8 Å². The fourth-order valence-electron chi connectivity index (χ4n) is 2.88. The minimum absolute atomic E-state index is 0.701. The van der Waals surface area contributed by atoms with Crippen LogP contribution in [0.1, 0.15) is 18.4 Å². The van der Waals surface area contributed by atoms with Gasteiger partial charge in [0.2, 0.25) is 0 Å². The molecule has 0 radical (unpaired) electrons. The zero-order valence-corrected chi connectivity index (χ0v) is 15.5. The van der Waals surface area contributed by atoms with Crippen LogP contribution in [0.5, 0.6) is 5.75 Å². The molecule has 2 fully saturated rings. The lowest BCUT2D eigenvalue weighted by Crippen LogP contribution is -2.42. The Labute approximate surface area is 147 Å². The Bertz CT molecular complexity index is 571. The topological polar surface area (TPSA) is 42.0 Å². The quantitative estimate of drug-likeness (QED) is 0.719. The Kier molecular flexibility index (Phi) is 6.14. The van der Waals surface area contributed by atoms with Crippen LogP contribution >= 0.6 is 0 Å². The van der Waals surface area contributed by atoms with E-state index >= 15 is 0 Å². The maximum absolute atomic E-state index is 12.3. The summed E-state index contributed by atoms with van der Waals surface area (Å²) in [4.78, 5) is 2.36. The lowest BCUT2D eigenvalue weighted by atomic mass is 10.2. The van der Waals surface area contributed by atoms with Crippen molar-refractivity contribution in [2.45, 2.75) is 19.8 Å². The second kappa shape index (κ2) is 8.32. The van der Waals surface area contributed by atoms with Crippen molar-refractivity contribution in [2.75, 3.05) is 56.6 Å². The van der Waals surface area contributed by atoms with Gasteiger partial charge < -0.3 is 9.47 Å². The molecule has 1 saturated heterocycles. The highest BCUT2D eigenvalue weighted by Crippen LogP contribution is 2.34. The summed E-state index contributed by atoms with van der Waals surface area (Å²) in [6.07, 6.45) is 4.27. The molecule has 1 unspecified atom stereocenters. The van der Waals surface area contributed by atoms with Gasteiger partial charge in [-0.05, 0) is 43.4 Å². The normalized spacial score (nSPS) is 19.9. The van der Waals surface area contributed by atoms with Gasteiger partial charge in [-0.2, -0.15) is 0 Å². The Hall–Kier alpha value is -1.11. The monoisotopic (exact) mass is 352 g/mol. The molecule has 0 bridgehead atoms. The van der Waals surface area contributed by atoms with Gasteiger partial charge in [-0.25, -0.2) is 4.21 Å². The van der Waals surface area contributed by atoms with Gasteiger partial charge in [0, 0.05) is 32.4 Å². The fourth-order valence-corrected chi connectivity index (χ4v) is 3.65. The van der Waals surface area contributed by atoms with Gasteiger partial charge in [0.1, 0.15) is 16.7 Å². The van der Waals surface area contributed by atoms with Crippen LogP contribution in [0.2, 0.25) is 0 Å². The van der Waals surface area contributed by atoms with Crippen LogP contribution in [0.15, 0.2) is 18.2 Å². The van der Waals surface area contributed by atoms with E-state index in [2.05, 4.69) is 24.0 Å². The highest BCUT2D eigenvalue weighted by Gasteiger charge is 2.24. The van der Waals surface area contributed by atoms with E-state index in [0.717, 1.165) is 57.4 Å². The number of anilines is 1. The molecule has 2 aliphatic rings. The first-order valence-corrected chi connectivity index (χ1v) is 10.3. The minimum atomic E-state index is -1.08. The summed E-state index contributed by atoms with van der Waals surface area (Å²) in [7, 11) is -1.08. The fraction of sp³-hybridized carbons (Fsp3) is 0.667. The zero-order valence-electron chi connectivity index (χ0n) is 14.7. The first-order valence-electron chi connectivity index (χ1n) is 8.78. The van der Waals surface area contributed by atoms with Crippen molar-refractivity contribution in [1.29, 1.82) is 0 Å². The molecule has 1 aromatic rings. The first-order chi connectivity index (χ1) is 11.6. The third-order valence-electron chi connectivity index (χ3n) is 4.59. The summed E-state index contributed by atoms with van der Waals surface area (Å²) in [6, 6.07) is 6.17. The molecule has 0 amide bonds. The summed E-state index contributed by atoms with van der Waals surface area (Å²) < 4.78 is 25.7. The maximum Gasteiger partial charge on any atom is 0.143 e. The van der Waals surface area contributed by atoms with Crippen LogP contribution < -0.4 is 9.04 Å². The second-order valence-electron chi connectivity index (χ2n) is 6.71. The third-order valence-corrected chi connectivity index (χ3v) is 5.59. The number of ether oxygens (including phenoxy) is 2. The Morgan fingerprint density at radius 1 is 1.33 bits per heavy atom. The van der Waals surface area contributed by atoms with E-state index in [9.17, 15) is 4.21 Å². The van der Waals surface area contributed by atoms with Gasteiger partial charge in [0.25, 0.3) is 0 Å². The predicted octanol–water partition coefficient (Wildman–Crippen LogP) is 2.22. The molecule has 0 aromatic heterocycles. The van der Waals surface area contributed by atoms with Crippen molar-refractivity contribution in [2.24, 2.45) is 5.92 Å². The second-order valence-corrected chi connectivity index (χ2v) is 7.99. The number of morpholine rings is 1. The van der Waals surface area contributed by atoms with Gasteiger partial charge in [-0.15, -0.1) is 0 Å². The van der Waals surface area contributed by atoms with Crippen molar-refractivity contribution in [3.63, 3.8) is 0 Å². The maximum atomic E-state index is 12.3. The third kappa shape index (κ3) is 4.94. The van der Waals surface area contributed by atoms with Gasteiger partial charge >= 0.3 is 0 Å². The molecule has 1 atom stereocenters. The van der Waals surface area contributed by atoms with E-state index in [-0.39, 0.29) is 0 Å². The molecular formula is C18H28N2O3S. The van der Waals surface area contributed by atoms with Crippen LogP contribution in [-0.2, 0) is 15.7 Å². The average molecular weight is 353 g/mol. The van der Waals surface area contributed by atoms with Crippen LogP contribution in [-0.4, -0.2) is 61.4 Å².